The van der Waals surface area contributed by atoms with Crippen LogP contribution in [-0.2, 0) is 18.9 Å². The number of methoxy groups -OCH3 is 1. The Labute approximate surface area is 160 Å². The molecule has 0 radical (unpaired) electrons. The molecule has 0 saturated heterocycles. The van der Waals surface area contributed by atoms with Crippen LogP contribution in [0.2, 0.25) is 0 Å². The number of aliphatic hydroxyl groups excluding tert-OH is 1. The van der Waals surface area contributed by atoms with Crippen molar-refractivity contribution < 1.29 is 9.84 Å². The molecule has 1 N–H and O–H groups in total. The second-order valence-electron chi connectivity index (χ2n) is 5.54. The Morgan fingerprint density at radius 2 is 1.76 bits per heavy atom. The number of hydrogen-bond donors (Lipinski definition) is 1. The first-order valence-corrected chi connectivity index (χ1v) is 9.63. The molecule has 0 amide bonds. The van der Waals surface area contributed by atoms with Crippen LogP contribution < -0.4 is 4.74 Å². The fourth-order valence-corrected chi connectivity index (χ4v) is 3.66. The van der Waals surface area contributed by atoms with Crippen molar-refractivity contribution in [3.63, 3.8) is 0 Å². The average Bonchev–Trinajstić information content (AvgIpc) is 3.03. The highest BCUT2D eigenvalue weighted by molar-refractivity contribution is 9.10. The lowest BCUT2D eigenvalue weighted by Gasteiger charge is -2.11. The lowest BCUT2D eigenvalue weighted by atomic mass is 10.2. The third kappa shape index (κ3) is 4.66. The number of aliphatic hydroxyl groups is 1. The Kier molecular flexibility index (Phi) is 6.18. The van der Waals surface area contributed by atoms with Crippen LogP contribution in [0.15, 0.2) is 64.4 Å². The van der Waals surface area contributed by atoms with Crippen molar-refractivity contribution in [2.45, 2.75) is 24.1 Å². The monoisotopic (exact) mass is 418 g/mol. The van der Waals surface area contributed by atoms with Crippen LogP contribution in [0, 0.1) is 0 Å². The van der Waals surface area contributed by atoms with Crippen molar-refractivity contribution in [2.24, 2.45) is 0 Å². The van der Waals surface area contributed by atoms with E-state index in [0.29, 0.717) is 6.54 Å². The zero-order valence-electron chi connectivity index (χ0n) is 13.9. The van der Waals surface area contributed by atoms with Gasteiger partial charge in [-0.05, 0) is 35.4 Å². The number of halogens is 1. The van der Waals surface area contributed by atoms with E-state index in [9.17, 15) is 5.11 Å². The summed E-state index contributed by atoms with van der Waals surface area (Å²) in [6, 6.07) is 16.2. The molecule has 3 rings (SSSR count). The third-order valence-corrected chi connectivity index (χ3v) is 5.43. The lowest BCUT2D eigenvalue weighted by molar-refractivity contribution is 0.270. The maximum absolute atomic E-state index is 9.61. The number of hydrogen-bond acceptors (Lipinski definition) is 4. The van der Waals surface area contributed by atoms with Crippen molar-refractivity contribution in [3.8, 4) is 5.75 Å². The first-order chi connectivity index (χ1) is 12.2. The van der Waals surface area contributed by atoms with Gasteiger partial charge in [0.25, 0.3) is 0 Å². The summed E-state index contributed by atoms with van der Waals surface area (Å²) >= 11 is 5.12. The molecule has 1 aromatic heterocycles. The number of imidazole rings is 1. The summed E-state index contributed by atoms with van der Waals surface area (Å²) in [7, 11) is 1.66. The zero-order valence-corrected chi connectivity index (χ0v) is 16.3. The van der Waals surface area contributed by atoms with Gasteiger partial charge in [-0.15, -0.1) is 0 Å². The highest BCUT2D eigenvalue weighted by Gasteiger charge is 2.11. The molecule has 130 valence electrons. The number of ether oxygens (including phenoxy) is 1. The highest BCUT2D eigenvalue weighted by Crippen LogP contribution is 2.25. The van der Waals surface area contributed by atoms with Crippen LogP contribution in [0.1, 0.15) is 16.8 Å². The molecule has 0 aliphatic heterocycles. The molecule has 3 aromatic rings. The van der Waals surface area contributed by atoms with E-state index in [0.717, 1.165) is 32.4 Å². The topological polar surface area (TPSA) is 47.3 Å². The second-order valence-corrected chi connectivity index (χ2v) is 7.40. The van der Waals surface area contributed by atoms with Gasteiger partial charge in [-0.2, -0.15) is 0 Å². The van der Waals surface area contributed by atoms with Gasteiger partial charge in [0.15, 0.2) is 5.16 Å². The standard InChI is InChI=1S/C19H19BrN2O2S/c1-24-18-8-4-14(5-9-18)11-22-17(12-23)10-21-19(22)25-13-15-2-6-16(20)7-3-15/h2-10,23H,11-13H2,1H3. The van der Waals surface area contributed by atoms with Crippen molar-refractivity contribution in [1.82, 2.24) is 9.55 Å². The van der Waals surface area contributed by atoms with Crippen LogP contribution in [0.5, 0.6) is 5.75 Å². The molecular weight excluding hydrogens is 400 g/mol. The van der Waals surface area contributed by atoms with Gasteiger partial charge in [-0.1, -0.05) is 52.0 Å². The van der Waals surface area contributed by atoms with E-state index >= 15 is 0 Å². The molecule has 0 saturated carbocycles. The van der Waals surface area contributed by atoms with Crippen molar-refractivity contribution in [3.05, 3.63) is 76.0 Å². The summed E-state index contributed by atoms with van der Waals surface area (Å²) in [6.07, 6.45) is 1.74. The molecule has 0 aliphatic rings. The van der Waals surface area contributed by atoms with E-state index in [2.05, 4.69) is 37.6 Å². The van der Waals surface area contributed by atoms with Gasteiger partial charge in [0.2, 0.25) is 0 Å². The molecule has 6 heteroatoms. The summed E-state index contributed by atoms with van der Waals surface area (Å²) in [4.78, 5) is 4.48. The average molecular weight is 419 g/mol. The van der Waals surface area contributed by atoms with E-state index < -0.39 is 0 Å². The summed E-state index contributed by atoms with van der Waals surface area (Å²) in [5.74, 6) is 1.67. The molecule has 0 unspecified atom stereocenters. The number of nitrogens with zero attached hydrogens (tertiary/aromatic N) is 2. The number of rotatable bonds is 7. The van der Waals surface area contributed by atoms with Gasteiger partial charge >= 0.3 is 0 Å². The Balaban J connectivity index is 1.75. The highest BCUT2D eigenvalue weighted by atomic mass is 79.9. The van der Waals surface area contributed by atoms with Gasteiger partial charge < -0.3 is 14.4 Å². The molecule has 0 aliphatic carbocycles. The minimum atomic E-state index is -0.0258. The minimum absolute atomic E-state index is 0.0258. The largest absolute Gasteiger partial charge is 0.497 e. The van der Waals surface area contributed by atoms with Gasteiger partial charge in [0.1, 0.15) is 5.75 Å². The maximum atomic E-state index is 9.61. The van der Waals surface area contributed by atoms with Gasteiger partial charge in [-0.3, -0.25) is 0 Å². The fraction of sp³-hybridized carbons (Fsp3) is 0.211. The van der Waals surface area contributed by atoms with E-state index in [1.807, 2.05) is 36.4 Å². The Morgan fingerprint density at radius 3 is 2.40 bits per heavy atom. The second kappa shape index (κ2) is 8.56. The van der Waals surface area contributed by atoms with Crippen LogP contribution in [0.25, 0.3) is 0 Å². The smallest absolute Gasteiger partial charge is 0.168 e. The van der Waals surface area contributed by atoms with E-state index in [1.54, 1.807) is 25.1 Å². The maximum Gasteiger partial charge on any atom is 0.168 e. The number of thioether (sulfide) groups is 1. The molecule has 0 fully saturated rings. The SMILES string of the molecule is COc1ccc(Cn2c(CO)cnc2SCc2ccc(Br)cc2)cc1. The Bertz CT molecular complexity index is 816. The van der Waals surface area contributed by atoms with Crippen LogP contribution >= 0.6 is 27.7 Å². The molecule has 0 spiro atoms. The first kappa shape index (κ1) is 18.0. The van der Waals surface area contributed by atoms with E-state index in [1.165, 1.54) is 5.56 Å². The lowest BCUT2D eigenvalue weighted by Crippen LogP contribution is -2.06. The van der Waals surface area contributed by atoms with Gasteiger partial charge in [0, 0.05) is 16.8 Å². The first-order valence-electron chi connectivity index (χ1n) is 7.85. The van der Waals surface area contributed by atoms with Gasteiger partial charge in [0.05, 0.1) is 25.6 Å². The molecule has 25 heavy (non-hydrogen) atoms. The summed E-state index contributed by atoms with van der Waals surface area (Å²) in [6.45, 7) is 0.643. The third-order valence-electron chi connectivity index (χ3n) is 3.84. The van der Waals surface area contributed by atoms with Gasteiger partial charge in [-0.25, -0.2) is 4.98 Å². The molecule has 2 aromatic carbocycles. The van der Waals surface area contributed by atoms with Crippen molar-refractivity contribution in [1.29, 1.82) is 0 Å². The summed E-state index contributed by atoms with van der Waals surface area (Å²) in [5, 5.41) is 10.5. The molecule has 0 atom stereocenters. The van der Waals surface area contributed by atoms with Crippen molar-refractivity contribution >= 4 is 27.7 Å². The quantitative estimate of drug-likeness (QED) is 0.574. The summed E-state index contributed by atoms with van der Waals surface area (Å²) < 4.78 is 8.34. The van der Waals surface area contributed by atoms with Crippen LogP contribution in [0.4, 0.5) is 0 Å². The van der Waals surface area contributed by atoms with Crippen molar-refractivity contribution in [2.75, 3.05) is 7.11 Å². The summed E-state index contributed by atoms with van der Waals surface area (Å²) in [5.41, 5.74) is 3.19. The Hall–Kier alpha value is -1.76. The fourth-order valence-electron chi connectivity index (χ4n) is 2.44. The minimum Gasteiger partial charge on any atom is -0.497 e. The predicted octanol–water partition coefficient (Wildman–Crippen LogP) is 4.49. The van der Waals surface area contributed by atoms with Crippen LogP contribution in [-0.4, -0.2) is 21.8 Å². The number of benzene rings is 2. The Morgan fingerprint density at radius 1 is 1.08 bits per heavy atom. The van der Waals surface area contributed by atoms with Crippen LogP contribution in [0.3, 0.4) is 0 Å². The molecular formula is C19H19BrN2O2S. The number of aromatic nitrogens is 2. The molecule has 0 bridgehead atoms. The van der Waals surface area contributed by atoms with E-state index in [4.69, 9.17) is 4.74 Å². The van der Waals surface area contributed by atoms with E-state index in [-0.39, 0.29) is 6.61 Å². The molecule has 1 heterocycles. The predicted molar refractivity (Wildman–Crippen MR) is 104 cm³/mol. The normalized spacial score (nSPS) is 10.8. The molecule has 4 nitrogen and oxygen atoms in total. The zero-order chi connectivity index (χ0) is 17.6.